The van der Waals surface area contributed by atoms with Gasteiger partial charge in [-0.05, 0) is 28.1 Å². The second kappa shape index (κ2) is 4.41. The SMILES string of the molecule is O=S(=O)(c1ccc(Br)s1)N1CCn2cnnc2C1. The number of hydrogen-bond donors (Lipinski definition) is 0. The van der Waals surface area contributed by atoms with Gasteiger partial charge in [0.15, 0.2) is 0 Å². The Morgan fingerprint density at radius 1 is 1.33 bits per heavy atom. The third-order valence-corrected chi connectivity index (χ3v) is 6.68. The summed E-state index contributed by atoms with van der Waals surface area (Å²) in [6.45, 7) is 1.31. The molecule has 3 rings (SSSR count). The summed E-state index contributed by atoms with van der Waals surface area (Å²) in [5, 5.41) is 7.70. The fourth-order valence-corrected chi connectivity index (χ4v) is 5.36. The first-order valence-corrected chi connectivity index (χ1v) is 8.24. The summed E-state index contributed by atoms with van der Waals surface area (Å²) in [6, 6.07) is 3.35. The number of nitrogens with zero attached hydrogens (tertiary/aromatic N) is 4. The Kier molecular flexibility index (Phi) is 3.00. The molecular formula is C9H9BrN4O2S2. The third kappa shape index (κ3) is 2.00. The van der Waals surface area contributed by atoms with Crippen LogP contribution in [-0.2, 0) is 23.1 Å². The Hall–Kier alpha value is -0.770. The number of rotatable bonds is 2. The Morgan fingerprint density at radius 3 is 2.89 bits per heavy atom. The number of thiophene rings is 1. The minimum absolute atomic E-state index is 0.276. The van der Waals surface area contributed by atoms with E-state index in [1.54, 1.807) is 18.5 Å². The van der Waals surface area contributed by atoms with Crippen LogP contribution in [0.3, 0.4) is 0 Å². The smallest absolute Gasteiger partial charge is 0.253 e. The van der Waals surface area contributed by atoms with Gasteiger partial charge in [0, 0.05) is 13.1 Å². The number of aromatic nitrogens is 3. The van der Waals surface area contributed by atoms with Crippen LogP contribution in [0.4, 0.5) is 0 Å². The highest BCUT2D eigenvalue weighted by Gasteiger charge is 2.30. The van der Waals surface area contributed by atoms with Crippen LogP contribution in [0.15, 0.2) is 26.5 Å². The summed E-state index contributed by atoms with van der Waals surface area (Å²) in [7, 11) is -3.42. The number of sulfonamides is 1. The van der Waals surface area contributed by atoms with Crippen molar-refractivity contribution in [3.8, 4) is 0 Å². The quantitative estimate of drug-likeness (QED) is 0.820. The van der Waals surface area contributed by atoms with E-state index in [0.717, 1.165) is 3.79 Å². The zero-order valence-corrected chi connectivity index (χ0v) is 12.4. The van der Waals surface area contributed by atoms with Crippen molar-refractivity contribution in [1.82, 2.24) is 19.1 Å². The predicted octanol–water partition coefficient (Wildman–Crippen LogP) is 1.31. The first-order chi connectivity index (χ1) is 8.57. The normalized spacial score (nSPS) is 16.7. The molecule has 0 spiro atoms. The first-order valence-electron chi connectivity index (χ1n) is 5.19. The van der Waals surface area contributed by atoms with Gasteiger partial charge in [-0.3, -0.25) is 0 Å². The summed E-state index contributed by atoms with van der Waals surface area (Å²) in [5.74, 6) is 0.681. The summed E-state index contributed by atoms with van der Waals surface area (Å²) in [6.07, 6.45) is 1.63. The van der Waals surface area contributed by atoms with E-state index < -0.39 is 10.0 Å². The van der Waals surface area contributed by atoms with Gasteiger partial charge in [0.05, 0.1) is 10.3 Å². The van der Waals surface area contributed by atoms with E-state index in [1.807, 2.05) is 4.57 Å². The molecule has 0 fully saturated rings. The van der Waals surface area contributed by atoms with Gasteiger partial charge in [0.25, 0.3) is 10.0 Å². The van der Waals surface area contributed by atoms with E-state index in [2.05, 4.69) is 26.1 Å². The fraction of sp³-hybridized carbons (Fsp3) is 0.333. The average Bonchev–Trinajstić information content (AvgIpc) is 2.96. The van der Waals surface area contributed by atoms with Crippen LogP contribution >= 0.6 is 27.3 Å². The lowest BCUT2D eigenvalue weighted by molar-refractivity contribution is 0.336. The number of halogens is 1. The standard InChI is InChI=1S/C9H9BrN4O2S2/c10-7-1-2-9(17-7)18(15,16)14-4-3-13-6-11-12-8(13)5-14/h1-2,6H,3-5H2. The summed E-state index contributed by atoms with van der Waals surface area (Å²) >= 11 is 4.49. The lowest BCUT2D eigenvalue weighted by Gasteiger charge is -2.25. The predicted molar refractivity (Wildman–Crippen MR) is 69.6 cm³/mol. The van der Waals surface area contributed by atoms with Crippen molar-refractivity contribution in [1.29, 1.82) is 0 Å². The number of hydrogen-bond acceptors (Lipinski definition) is 5. The molecule has 0 aliphatic carbocycles. The van der Waals surface area contributed by atoms with Gasteiger partial charge in [0.2, 0.25) is 0 Å². The minimum atomic E-state index is -3.42. The van der Waals surface area contributed by atoms with Crippen molar-refractivity contribution >= 4 is 37.3 Å². The maximum Gasteiger partial charge on any atom is 0.253 e. The van der Waals surface area contributed by atoms with Crippen molar-refractivity contribution in [3.05, 3.63) is 28.1 Å². The van der Waals surface area contributed by atoms with Crippen molar-refractivity contribution in [2.75, 3.05) is 6.54 Å². The lowest BCUT2D eigenvalue weighted by Crippen LogP contribution is -2.37. The summed E-state index contributed by atoms with van der Waals surface area (Å²) < 4.78 is 29.2. The van der Waals surface area contributed by atoms with Crippen LogP contribution in [0, 0.1) is 0 Å². The average molecular weight is 349 g/mol. The molecule has 0 aromatic carbocycles. The molecule has 18 heavy (non-hydrogen) atoms. The largest absolute Gasteiger partial charge is 0.315 e. The molecule has 2 aromatic rings. The maximum absolute atomic E-state index is 12.4. The molecule has 0 saturated carbocycles. The molecule has 3 heterocycles. The topological polar surface area (TPSA) is 68.1 Å². The van der Waals surface area contributed by atoms with E-state index in [-0.39, 0.29) is 6.54 Å². The van der Waals surface area contributed by atoms with Crippen LogP contribution in [0.2, 0.25) is 0 Å². The molecule has 0 radical (unpaired) electrons. The van der Waals surface area contributed by atoms with Crippen molar-refractivity contribution in [3.63, 3.8) is 0 Å². The lowest BCUT2D eigenvalue weighted by atomic mass is 10.4. The minimum Gasteiger partial charge on any atom is -0.315 e. The molecule has 0 amide bonds. The Bertz CT molecular complexity index is 678. The zero-order chi connectivity index (χ0) is 12.8. The molecule has 96 valence electrons. The van der Waals surface area contributed by atoms with E-state index in [9.17, 15) is 8.42 Å². The molecule has 9 heteroatoms. The van der Waals surface area contributed by atoms with Crippen LogP contribution < -0.4 is 0 Å². The molecule has 0 N–H and O–H groups in total. The summed E-state index contributed by atoms with van der Waals surface area (Å²) in [5.41, 5.74) is 0. The van der Waals surface area contributed by atoms with E-state index in [4.69, 9.17) is 0 Å². The maximum atomic E-state index is 12.4. The van der Waals surface area contributed by atoms with Gasteiger partial charge >= 0.3 is 0 Å². The fourth-order valence-electron chi connectivity index (χ4n) is 1.81. The van der Waals surface area contributed by atoms with Crippen LogP contribution in [0.5, 0.6) is 0 Å². The highest BCUT2D eigenvalue weighted by atomic mass is 79.9. The molecule has 1 aliphatic rings. The van der Waals surface area contributed by atoms with E-state index in [0.29, 0.717) is 23.1 Å². The Balaban J connectivity index is 1.92. The molecule has 2 aromatic heterocycles. The van der Waals surface area contributed by atoms with E-state index in [1.165, 1.54) is 15.6 Å². The molecule has 6 nitrogen and oxygen atoms in total. The first kappa shape index (κ1) is 12.3. The van der Waals surface area contributed by atoms with Crippen molar-refractivity contribution in [2.45, 2.75) is 17.3 Å². The molecule has 1 aliphatic heterocycles. The second-order valence-corrected chi connectivity index (χ2v) is 8.47. The number of fused-ring (bicyclic) bond motifs is 1. The van der Waals surface area contributed by atoms with Crippen molar-refractivity contribution in [2.24, 2.45) is 0 Å². The van der Waals surface area contributed by atoms with Crippen LogP contribution in [-0.4, -0.2) is 34.0 Å². The highest BCUT2D eigenvalue weighted by molar-refractivity contribution is 9.11. The Morgan fingerprint density at radius 2 is 2.17 bits per heavy atom. The molecule has 0 saturated heterocycles. The second-order valence-electron chi connectivity index (χ2n) is 3.84. The molecule has 0 unspecified atom stereocenters. The van der Waals surface area contributed by atoms with Crippen LogP contribution in [0.25, 0.3) is 0 Å². The van der Waals surface area contributed by atoms with E-state index >= 15 is 0 Å². The Labute approximate surface area is 116 Å². The van der Waals surface area contributed by atoms with Gasteiger partial charge in [-0.2, -0.15) is 4.31 Å². The molecule has 0 atom stereocenters. The van der Waals surface area contributed by atoms with Crippen molar-refractivity contribution < 1.29 is 8.42 Å². The van der Waals surface area contributed by atoms with Gasteiger partial charge in [-0.15, -0.1) is 21.5 Å². The molecule has 0 bridgehead atoms. The van der Waals surface area contributed by atoms with Crippen LogP contribution in [0.1, 0.15) is 5.82 Å². The monoisotopic (exact) mass is 348 g/mol. The van der Waals surface area contributed by atoms with Gasteiger partial charge in [0.1, 0.15) is 16.4 Å². The zero-order valence-electron chi connectivity index (χ0n) is 9.15. The third-order valence-electron chi connectivity index (χ3n) is 2.75. The van der Waals surface area contributed by atoms with Gasteiger partial charge in [-0.1, -0.05) is 0 Å². The van der Waals surface area contributed by atoms with Gasteiger partial charge < -0.3 is 4.57 Å². The van der Waals surface area contributed by atoms with Gasteiger partial charge in [-0.25, -0.2) is 8.42 Å². The highest BCUT2D eigenvalue weighted by Crippen LogP contribution is 2.29. The molecular weight excluding hydrogens is 340 g/mol. The summed E-state index contributed by atoms with van der Waals surface area (Å²) in [4.78, 5) is 0.